The number of amides is 1. The topological polar surface area (TPSA) is 58.4 Å². The summed E-state index contributed by atoms with van der Waals surface area (Å²) in [5, 5.41) is 0.546. The summed E-state index contributed by atoms with van der Waals surface area (Å²) < 4.78 is 1.45. The van der Waals surface area contributed by atoms with Gasteiger partial charge in [-0.05, 0) is 69.8 Å². The summed E-state index contributed by atoms with van der Waals surface area (Å²) in [4.78, 5) is 33.7. The number of carbonyl (C=O) groups excluding carboxylic acids is 1. The smallest absolute Gasteiger partial charge is 0.260 e. The Morgan fingerprint density at radius 3 is 2.33 bits per heavy atom. The van der Waals surface area contributed by atoms with E-state index in [9.17, 15) is 9.59 Å². The Hall–Kier alpha value is -2.21. The molecular weight excluding hydrogens is 340 g/mol. The van der Waals surface area contributed by atoms with Gasteiger partial charge in [-0.3, -0.25) is 9.59 Å². The first-order chi connectivity index (χ1) is 12.8. The molecule has 2 saturated carbocycles. The fraction of sp³-hybridized carbons (Fsp3) is 0.571. The molecule has 1 aromatic heterocycles. The van der Waals surface area contributed by atoms with Crippen molar-refractivity contribution in [3.8, 4) is 0 Å². The molecule has 27 heavy (non-hydrogen) atoms. The van der Waals surface area contributed by atoms with Crippen molar-refractivity contribution in [1.29, 1.82) is 0 Å². The van der Waals surface area contributed by atoms with E-state index in [1.165, 1.54) is 23.7 Å². The van der Waals surface area contributed by atoms with Crippen LogP contribution >= 0.6 is 0 Å². The van der Waals surface area contributed by atoms with Crippen molar-refractivity contribution in [1.82, 2.24) is 19.4 Å². The minimum atomic E-state index is -0.0913. The molecule has 2 fully saturated rings. The van der Waals surface area contributed by atoms with Crippen molar-refractivity contribution in [2.75, 3.05) is 21.1 Å². The third-order valence-corrected chi connectivity index (χ3v) is 6.73. The Balaban J connectivity index is 1.50. The van der Waals surface area contributed by atoms with Crippen molar-refractivity contribution in [3.05, 3.63) is 40.4 Å². The summed E-state index contributed by atoms with van der Waals surface area (Å²) in [6.45, 7) is 0. The molecule has 0 aliphatic heterocycles. The van der Waals surface area contributed by atoms with Gasteiger partial charge in [0.2, 0.25) is 0 Å². The van der Waals surface area contributed by atoms with Crippen molar-refractivity contribution in [2.24, 2.45) is 18.9 Å². The van der Waals surface area contributed by atoms with Crippen molar-refractivity contribution < 1.29 is 4.79 Å². The van der Waals surface area contributed by atoms with Crippen LogP contribution in [0.25, 0.3) is 10.9 Å². The zero-order chi connectivity index (χ0) is 19.3. The zero-order valence-corrected chi connectivity index (χ0v) is 16.6. The van der Waals surface area contributed by atoms with Gasteiger partial charge in [0.1, 0.15) is 0 Å². The molecule has 0 saturated heterocycles. The van der Waals surface area contributed by atoms with Crippen LogP contribution in [0.15, 0.2) is 29.3 Å². The minimum absolute atomic E-state index is 0.0218. The van der Waals surface area contributed by atoms with Crippen LogP contribution in [-0.2, 0) is 7.05 Å². The Labute approximate surface area is 159 Å². The summed E-state index contributed by atoms with van der Waals surface area (Å²) in [7, 11) is 7.93. The van der Waals surface area contributed by atoms with Gasteiger partial charge >= 0.3 is 0 Å². The summed E-state index contributed by atoms with van der Waals surface area (Å²) in [6, 6.07) is 6.21. The monoisotopic (exact) mass is 368 g/mol. The fourth-order valence-corrected chi connectivity index (χ4v) is 5.00. The lowest BCUT2D eigenvalue weighted by Crippen LogP contribution is -2.36. The van der Waals surface area contributed by atoms with Crippen molar-refractivity contribution >= 4 is 16.8 Å². The summed E-state index contributed by atoms with van der Waals surface area (Å²) in [6.07, 6.45) is 6.20. The molecule has 2 aliphatic carbocycles. The van der Waals surface area contributed by atoms with E-state index in [4.69, 9.17) is 0 Å². The average Bonchev–Trinajstić information content (AvgIpc) is 3.22. The van der Waals surface area contributed by atoms with Gasteiger partial charge in [-0.2, -0.15) is 0 Å². The Bertz CT molecular complexity index is 921. The number of hydrogen-bond acceptors (Lipinski definition) is 4. The van der Waals surface area contributed by atoms with E-state index < -0.39 is 0 Å². The highest BCUT2D eigenvalue weighted by molar-refractivity contribution is 5.97. The van der Waals surface area contributed by atoms with E-state index in [0.29, 0.717) is 28.6 Å². The average molecular weight is 368 g/mol. The molecule has 0 bridgehead atoms. The number of nitrogens with zero attached hydrogens (tertiary/aromatic N) is 4. The van der Waals surface area contributed by atoms with E-state index in [-0.39, 0.29) is 11.5 Å². The van der Waals surface area contributed by atoms with Gasteiger partial charge in [0.05, 0.1) is 17.2 Å². The van der Waals surface area contributed by atoms with Crippen LogP contribution in [0.1, 0.15) is 36.0 Å². The van der Waals surface area contributed by atoms with Crippen LogP contribution in [0.2, 0.25) is 0 Å². The molecular formula is C21H28N4O2. The van der Waals surface area contributed by atoms with Gasteiger partial charge in [-0.1, -0.05) is 0 Å². The van der Waals surface area contributed by atoms with Gasteiger partial charge in [0.15, 0.2) is 0 Å². The summed E-state index contributed by atoms with van der Waals surface area (Å²) in [5.41, 5.74) is 1.09. The molecule has 2 unspecified atom stereocenters. The Morgan fingerprint density at radius 1 is 1.07 bits per heavy atom. The first kappa shape index (κ1) is 18.2. The largest absolute Gasteiger partial charge is 0.339 e. The number of aryl methyl sites for hydroxylation is 1. The fourth-order valence-electron chi connectivity index (χ4n) is 5.00. The Morgan fingerprint density at radius 2 is 1.70 bits per heavy atom. The van der Waals surface area contributed by atoms with Crippen molar-refractivity contribution in [2.45, 2.75) is 37.8 Å². The molecule has 6 nitrogen and oxygen atoms in total. The van der Waals surface area contributed by atoms with E-state index in [2.05, 4.69) is 24.0 Å². The number of rotatable bonds is 3. The first-order valence-corrected chi connectivity index (χ1v) is 9.74. The lowest BCUT2D eigenvalue weighted by molar-refractivity contribution is 0.0726. The molecule has 0 N–H and O–H groups in total. The van der Waals surface area contributed by atoms with Crippen LogP contribution < -0.4 is 5.56 Å². The minimum Gasteiger partial charge on any atom is -0.339 e. The van der Waals surface area contributed by atoms with Crippen LogP contribution in [0.3, 0.4) is 0 Å². The number of benzene rings is 1. The highest BCUT2D eigenvalue weighted by Gasteiger charge is 2.44. The zero-order valence-electron chi connectivity index (χ0n) is 16.6. The van der Waals surface area contributed by atoms with Gasteiger partial charge < -0.3 is 14.4 Å². The predicted octanol–water partition coefficient (Wildman–Crippen LogP) is 2.12. The first-order valence-electron chi connectivity index (χ1n) is 9.74. The molecule has 1 amide bonds. The lowest BCUT2D eigenvalue weighted by atomic mass is 10.0. The van der Waals surface area contributed by atoms with Gasteiger partial charge in [0.25, 0.3) is 11.5 Å². The molecule has 2 aromatic rings. The highest BCUT2D eigenvalue weighted by atomic mass is 16.2. The molecule has 1 aromatic carbocycles. The number of carbonyl (C=O) groups is 1. The van der Waals surface area contributed by atoms with Crippen LogP contribution in [0, 0.1) is 11.8 Å². The Kier molecular flexibility index (Phi) is 4.54. The second-order valence-electron chi connectivity index (χ2n) is 8.54. The van der Waals surface area contributed by atoms with Crippen LogP contribution in [0.4, 0.5) is 0 Å². The highest BCUT2D eigenvalue weighted by Crippen LogP contribution is 2.46. The predicted molar refractivity (Wildman–Crippen MR) is 106 cm³/mol. The molecule has 1 heterocycles. The maximum absolute atomic E-state index is 13.0. The molecule has 144 valence electrons. The maximum Gasteiger partial charge on any atom is 0.260 e. The van der Waals surface area contributed by atoms with Crippen molar-refractivity contribution in [3.63, 3.8) is 0 Å². The number of fused-ring (bicyclic) bond motifs is 2. The molecule has 2 aliphatic rings. The maximum atomic E-state index is 13.0. The van der Waals surface area contributed by atoms with E-state index in [1.54, 1.807) is 25.2 Å². The van der Waals surface area contributed by atoms with Gasteiger partial charge in [0, 0.05) is 31.7 Å². The quantitative estimate of drug-likeness (QED) is 0.833. The number of hydrogen-bond donors (Lipinski definition) is 0. The van der Waals surface area contributed by atoms with E-state index in [0.717, 1.165) is 24.7 Å². The van der Waals surface area contributed by atoms with Crippen LogP contribution in [-0.4, -0.2) is 58.5 Å². The van der Waals surface area contributed by atoms with Gasteiger partial charge in [-0.25, -0.2) is 4.98 Å². The molecule has 4 atom stereocenters. The second kappa shape index (κ2) is 6.75. The third-order valence-electron chi connectivity index (χ3n) is 6.73. The SMILES string of the molecule is CN(C)C1C[C@@H]2CC(N(C)C(=O)c3ccc4c(=O)n(C)cnc4c3)C[C@@H]2C1. The molecule has 6 heteroatoms. The second-order valence-corrected chi connectivity index (χ2v) is 8.54. The standard InChI is InChI=1S/C21H28N4O2/c1-23(2)16-7-14-9-17(10-15(14)8-16)25(4)20(26)13-5-6-18-19(11-13)22-12-24(3)21(18)27/h5-6,11-12,14-17H,7-10H2,1-4H3/t14-,15+,16?,17?. The normalized spacial score (nSPS) is 27.3. The molecule has 4 rings (SSSR count). The van der Waals surface area contributed by atoms with E-state index >= 15 is 0 Å². The summed E-state index contributed by atoms with van der Waals surface area (Å²) >= 11 is 0. The summed E-state index contributed by atoms with van der Waals surface area (Å²) in [5.74, 6) is 1.49. The number of aromatic nitrogens is 2. The molecule has 0 spiro atoms. The van der Waals surface area contributed by atoms with Gasteiger partial charge in [-0.15, -0.1) is 0 Å². The molecule has 0 radical (unpaired) electrons. The lowest BCUT2D eigenvalue weighted by Gasteiger charge is -2.27. The van der Waals surface area contributed by atoms with Crippen LogP contribution in [0.5, 0.6) is 0 Å². The third kappa shape index (κ3) is 3.16. The van der Waals surface area contributed by atoms with E-state index in [1.807, 2.05) is 11.9 Å².